The van der Waals surface area contributed by atoms with Crippen LogP contribution in [0.15, 0.2) is 66.9 Å². The maximum absolute atomic E-state index is 15.3. The average molecular weight is 614 g/mol. The molecule has 0 unspecified atom stereocenters. The zero-order valence-corrected chi connectivity index (χ0v) is 26.8. The van der Waals surface area contributed by atoms with Crippen molar-refractivity contribution in [2.75, 3.05) is 7.11 Å². The molecule has 1 aromatic heterocycles. The van der Waals surface area contributed by atoms with Crippen LogP contribution in [0.4, 0.5) is 4.39 Å². The number of rotatable bonds is 16. The van der Waals surface area contributed by atoms with Gasteiger partial charge in [-0.3, -0.25) is 4.79 Å². The zero-order valence-electron chi connectivity index (χ0n) is 26.8. The SMILES string of the molecule is CCCCCCc1cn(C(C)(C)c2cc(COc3cccc([C@@H](CC(=O)O)C4CC4)c3)ccc2-c2cc(OC)ccc2F)nn1. The standard InChI is InChI=1S/C37H44FN3O4/c1-5-6-7-8-11-28-23-41(40-39-28)37(2,3)34-19-25(13-17-31(34)33-21-29(44-4)16-18-35(33)38)24-45-30-12-9-10-27(20-30)32(22-36(42)43)26-14-15-26/h9-10,12-13,16-21,23,26,32H,5-8,11,14-15,22,24H2,1-4H3,(H,42,43)/t32-/m0/s1. The Kier molecular flexibility index (Phi) is 10.2. The predicted octanol–water partition coefficient (Wildman–Crippen LogP) is 8.55. The fraction of sp³-hybridized carbons (Fsp3) is 0.432. The molecule has 3 aromatic carbocycles. The van der Waals surface area contributed by atoms with Crippen LogP contribution in [0.2, 0.25) is 0 Å². The Morgan fingerprint density at radius 3 is 2.60 bits per heavy atom. The molecule has 0 bridgehead atoms. The molecule has 1 N–H and O–H groups in total. The molecule has 0 amide bonds. The van der Waals surface area contributed by atoms with E-state index in [9.17, 15) is 9.90 Å². The van der Waals surface area contributed by atoms with Crippen molar-refractivity contribution in [3.63, 3.8) is 0 Å². The number of carbonyl (C=O) groups is 1. The fourth-order valence-electron chi connectivity index (χ4n) is 6.05. The van der Waals surface area contributed by atoms with Crippen LogP contribution in [0, 0.1) is 11.7 Å². The monoisotopic (exact) mass is 613 g/mol. The van der Waals surface area contributed by atoms with E-state index in [1.165, 1.54) is 18.9 Å². The summed E-state index contributed by atoms with van der Waals surface area (Å²) in [4.78, 5) is 11.5. The molecule has 0 radical (unpaired) electrons. The van der Waals surface area contributed by atoms with Crippen LogP contribution in [0.25, 0.3) is 11.1 Å². The molecular formula is C37H44FN3O4. The smallest absolute Gasteiger partial charge is 0.303 e. The highest BCUT2D eigenvalue weighted by Gasteiger charge is 2.34. The maximum atomic E-state index is 15.3. The quantitative estimate of drug-likeness (QED) is 0.127. The molecule has 7 nitrogen and oxygen atoms in total. The molecule has 0 aliphatic heterocycles. The number of aryl methyl sites for hydroxylation is 1. The molecular weight excluding hydrogens is 569 g/mol. The number of methoxy groups -OCH3 is 1. The summed E-state index contributed by atoms with van der Waals surface area (Å²) in [5.41, 5.74) is 4.26. The summed E-state index contributed by atoms with van der Waals surface area (Å²) in [6.45, 7) is 6.62. The van der Waals surface area contributed by atoms with Gasteiger partial charge in [0.25, 0.3) is 0 Å². The first-order valence-corrected chi connectivity index (χ1v) is 16.0. The number of nitrogens with zero attached hydrogens (tertiary/aromatic N) is 3. The van der Waals surface area contributed by atoms with Gasteiger partial charge < -0.3 is 14.6 Å². The Labute approximate surface area is 265 Å². The fourth-order valence-corrected chi connectivity index (χ4v) is 6.05. The number of aromatic nitrogens is 3. The van der Waals surface area contributed by atoms with Crippen molar-refractivity contribution in [2.45, 2.75) is 90.2 Å². The molecule has 1 heterocycles. The number of unbranched alkanes of at least 4 members (excludes halogenated alkanes) is 3. The van der Waals surface area contributed by atoms with E-state index in [-0.39, 0.29) is 18.2 Å². The number of carboxylic acids is 1. The second kappa shape index (κ2) is 14.3. The van der Waals surface area contributed by atoms with Gasteiger partial charge in [0.2, 0.25) is 0 Å². The van der Waals surface area contributed by atoms with Gasteiger partial charge in [0.15, 0.2) is 0 Å². The van der Waals surface area contributed by atoms with Gasteiger partial charge in [-0.15, -0.1) is 5.10 Å². The second-order valence-corrected chi connectivity index (χ2v) is 12.7. The Bertz CT molecular complexity index is 1610. The summed E-state index contributed by atoms with van der Waals surface area (Å²) in [6.07, 6.45) is 9.74. The molecule has 0 saturated heterocycles. The van der Waals surface area contributed by atoms with Gasteiger partial charge in [0, 0.05) is 11.8 Å². The van der Waals surface area contributed by atoms with Gasteiger partial charge >= 0.3 is 5.97 Å². The van der Waals surface area contributed by atoms with E-state index < -0.39 is 11.5 Å². The van der Waals surface area contributed by atoms with Crippen molar-refractivity contribution in [2.24, 2.45) is 5.92 Å². The minimum Gasteiger partial charge on any atom is -0.497 e. The first kappa shape index (κ1) is 32.2. The predicted molar refractivity (Wildman–Crippen MR) is 173 cm³/mol. The number of hydrogen-bond donors (Lipinski definition) is 1. The summed E-state index contributed by atoms with van der Waals surface area (Å²) < 4.78 is 28.9. The summed E-state index contributed by atoms with van der Waals surface area (Å²) >= 11 is 0. The van der Waals surface area contributed by atoms with Gasteiger partial charge in [-0.25, -0.2) is 9.07 Å². The molecule has 45 heavy (non-hydrogen) atoms. The van der Waals surface area contributed by atoms with Crippen molar-refractivity contribution >= 4 is 5.97 Å². The van der Waals surface area contributed by atoms with Crippen molar-refractivity contribution < 1.29 is 23.8 Å². The van der Waals surface area contributed by atoms with Gasteiger partial charge in [-0.05, 0) is 110 Å². The highest BCUT2D eigenvalue weighted by molar-refractivity contribution is 5.71. The van der Waals surface area contributed by atoms with Crippen LogP contribution in [0.1, 0.15) is 94.0 Å². The van der Waals surface area contributed by atoms with Crippen molar-refractivity contribution in [3.05, 3.63) is 95.1 Å². The van der Waals surface area contributed by atoms with E-state index in [0.717, 1.165) is 60.1 Å². The number of benzene rings is 3. The third-order valence-corrected chi connectivity index (χ3v) is 8.88. The van der Waals surface area contributed by atoms with Gasteiger partial charge in [0.05, 0.1) is 24.8 Å². The largest absolute Gasteiger partial charge is 0.497 e. The highest BCUT2D eigenvalue weighted by atomic mass is 19.1. The van der Waals surface area contributed by atoms with Crippen LogP contribution in [-0.4, -0.2) is 33.2 Å². The second-order valence-electron chi connectivity index (χ2n) is 12.7. The Hall–Kier alpha value is -4.20. The Morgan fingerprint density at radius 2 is 1.87 bits per heavy atom. The number of carboxylic acid groups (broad SMARTS) is 1. The number of ether oxygens (including phenoxy) is 2. The van der Waals surface area contributed by atoms with Crippen LogP contribution in [-0.2, 0) is 23.4 Å². The van der Waals surface area contributed by atoms with Crippen molar-refractivity contribution in [1.29, 1.82) is 0 Å². The first-order chi connectivity index (χ1) is 21.7. The van der Waals surface area contributed by atoms with Crippen LogP contribution in [0.5, 0.6) is 11.5 Å². The van der Waals surface area contributed by atoms with Crippen molar-refractivity contribution in [1.82, 2.24) is 15.0 Å². The van der Waals surface area contributed by atoms with Crippen molar-refractivity contribution in [3.8, 4) is 22.6 Å². The molecule has 4 aromatic rings. The number of halogens is 1. The van der Waals surface area contributed by atoms with Gasteiger partial charge in [-0.2, -0.15) is 0 Å². The summed E-state index contributed by atoms with van der Waals surface area (Å²) in [7, 11) is 1.57. The molecule has 5 rings (SSSR count). The average Bonchev–Trinajstić information content (AvgIpc) is 3.77. The number of aliphatic carboxylic acids is 1. The van der Waals surface area contributed by atoms with E-state index in [1.807, 2.05) is 47.3 Å². The minimum absolute atomic E-state index is 0.00490. The minimum atomic E-state index is -0.781. The lowest BCUT2D eigenvalue weighted by atomic mass is 9.85. The first-order valence-electron chi connectivity index (χ1n) is 16.0. The molecule has 1 aliphatic rings. The lowest BCUT2D eigenvalue weighted by Gasteiger charge is -2.29. The van der Waals surface area contributed by atoms with E-state index in [0.29, 0.717) is 29.6 Å². The Morgan fingerprint density at radius 1 is 1.04 bits per heavy atom. The third kappa shape index (κ3) is 7.91. The maximum Gasteiger partial charge on any atom is 0.303 e. The van der Waals surface area contributed by atoms with Gasteiger partial charge in [-0.1, -0.05) is 55.7 Å². The van der Waals surface area contributed by atoms with Crippen LogP contribution >= 0.6 is 0 Å². The van der Waals surface area contributed by atoms with Gasteiger partial charge in [0.1, 0.15) is 23.9 Å². The van der Waals surface area contributed by atoms with E-state index >= 15 is 4.39 Å². The summed E-state index contributed by atoms with van der Waals surface area (Å²) in [5.74, 6) is 0.558. The molecule has 0 spiro atoms. The van der Waals surface area contributed by atoms with E-state index in [2.05, 4.69) is 37.1 Å². The lowest BCUT2D eigenvalue weighted by molar-refractivity contribution is -0.137. The summed E-state index contributed by atoms with van der Waals surface area (Å²) in [6, 6.07) is 18.5. The molecule has 1 atom stereocenters. The third-order valence-electron chi connectivity index (χ3n) is 8.88. The lowest BCUT2D eigenvalue weighted by Crippen LogP contribution is -2.29. The number of hydrogen-bond acceptors (Lipinski definition) is 5. The molecule has 1 aliphatic carbocycles. The zero-order chi connectivity index (χ0) is 32.0. The molecule has 1 fully saturated rings. The Balaban J connectivity index is 1.44. The van der Waals surface area contributed by atoms with Crippen LogP contribution in [0.3, 0.4) is 0 Å². The van der Waals surface area contributed by atoms with E-state index in [4.69, 9.17) is 9.47 Å². The topological polar surface area (TPSA) is 86.5 Å². The molecule has 8 heteroatoms. The van der Waals surface area contributed by atoms with E-state index in [1.54, 1.807) is 19.2 Å². The molecule has 1 saturated carbocycles. The molecule has 238 valence electrons. The summed E-state index contributed by atoms with van der Waals surface area (Å²) in [5, 5.41) is 18.4. The highest BCUT2D eigenvalue weighted by Crippen LogP contribution is 2.45. The van der Waals surface area contributed by atoms with Crippen LogP contribution < -0.4 is 9.47 Å². The normalized spacial score (nSPS) is 13.9.